The molecule has 0 radical (unpaired) electrons. The minimum Gasteiger partial charge on any atom is -0.481 e. The fourth-order valence-corrected chi connectivity index (χ4v) is 2.88. The Kier molecular flexibility index (Phi) is 6.59. The summed E-state index contributed by atoms with van der Waals surface area (Å²) in [6, 6.07) is 2.77. The zero-order valence-electron chi connectivity index (χ0n) is 12.4. The molecule has 0 spiro atoms. The Morgan fingerprint density at radius 2 is 1.95 bits per heavy atom. The van der Waals surface area contributed by atoms with Crippen molar-refractivity contribution >= 4 is 34.9 Å². The Bertz CT molecular complexity index is 574. The predicted molar refractivity (Wildman–Crippen MR) is 85.5 cm³/mol. The van der Waals surface area contributed by atoms with Gasteiger partial charge in [-0.05, 0) is 25.0 Å². The highest BCUT2D eigenvalue weighted by Crippen LogP contribution is 2.32. The van der Waals surface area contributed by atoms with Crippen LogP contribution >= 0.6 is 23.2 Å². The third kappa shape index (κ3) is 4.09. The highest BCUT2D eigenvalue weighted by molar-refractivity contribution is 6.36. The second kappa shape index (κ2) is 7.76. The molecular weight excluding hydrogens is 331 g/mol. The number of carboxylic acid groups (broad SMARTS) is 1. The van der Waals surface area contributed by atoms with Crippen molar-refractivity contribution in [2.45, 2.75) is 33.2 Å². The molecule has 0 aliphatic rings. The number of rotatable bonds is 8. The lowest BCUT2D eigenvalue weighted by molar-refractivity contribution is -0.385. The number of nitrogens with one attached hydrogen (secondary N) is 1. The lowest BCUT2D eigenvalue weighted by Crippen LogP contribution is -2.40. The van der Waals surface area contributed by atoms with Gasteiger partial charge in [0, 0.05) is 23.7 Å². The molecule has 0 aliphatic carbocycles. The number of benzene rings is 1. The van der Waals surface area contributed by atoms with Crippen molar-refractivity contribution in [3.63, 3.8) is 0 Å². The van der Waals surface area contributed by atoms with Crippen molar-refractivity contribution in [3.8, 4) is 0 Å². The summed E-state index contributed by atoms with van der Waals surface area (Å²) in [5, 5.41) is 23.7. The maximum Gasteiger partial charge on any atom is 0.310 e. The molecule has 6 nitrogen and oxygen atoms in total. The van der Waals surface area contributed by atoms with E-state index in [0.717, 1.165) is 0 Å². The van der Waals surface area contributed by atoms with Crippen molar-refractivity contribution < 1.29 is 14.8 Å². The van der Waals surface area contributed by atoms with E-state index in [2.05, 4.69) is 5.32 Å². The fraction of sp³-hybridized carbons (Fsp3) is 0.500. The normalized spacial score (nSPS) is 11.5. The van der Waals surface area contributed by atoms with Gasteiger partial charge < -0.3 is 10.4 Å². The number of hydrogen-bond acceptors (Lipinski definition) is 4. The lowest BCUT2D eigenvalue weighted by atomic mass is 9.82. The summed E-state index contributed by atoms with van der Waals surface area (Å²) in [6.07, 6.45) is 0.925. The summed E-state index contributed by atoms with van der Waals surface area (Å²) in [6.45, 7) is 3.93. The number of aliphatic carboxylic acids is 1. The summed E-state index contributed by atoms with van der Waals surface area (Å²) in [5.74, 6) is -0.886. The van der Waals surface area contributed by atoms with Gasteiger partial charge in [-0.3, -0.25) is 14.9 Å². The van der Waals surface area contributed by atoms with Crippen LogP contribution < -0.4 is 5.32 Å². The minimum atomic E-state index is -0.892. The van der Waals surface area contributed by atoms with Crippen LogP contribution in [0.1, 0.15) is 32.3 Å². The Hall–Kier alpha value is -1.37. The number of hydrogen-bond donors (Lipinski definition) is 2. The standard InChI is InChI=1S/C14H18Cl2N2O4/c1-3-14(4-2,13(19)20)8-17-7-9-5-10(15)6-11(16)12(9)18(21)22/h5-6,17H,3-4,7-8H2,1-2H3,(H,19,20). The van der Waals surface area contributed by atoms with Crippen LogP contribution in [0, 0.1) is 15.5 Å². The van der Waals surface area contributed by atoms with Crippen molar-refractivity contribution in [1.82, 2.24) is 5.32 Å². The summed E-state index contributed by atoms with van der Waals surface area (Å²) in [5.41, 5.74) is -0.779. The maximum absolute atomic E-state index is 11.4. The lowest BCUT2D eigenvalue weighted by Gasteiger charge is -2.27. The molecule has 0 fully saturated rings. The van der Waals surface area contributed by atoms with Crippen molar-refractivity contribution in [1.29, 1.82) is 0 Å². The molecule has 0 atom stereocenters. The van der Waals surface area contributed by atoms with Gasteiger partial charge in [-0.1, -0.05) is 37.0 Å². The quantitative estimate of drug-likeness (QED) is 0.549. The molecule has 0 amide bonds. The first-order valence-electron chi connectivity index (χ1n) is 6.83. The second-order valence-corrected chi connectivity index (χ2v) is 5.89. The molecule has 8 heteroatoms. The molecule has 0 saturated carbocycles. The van der Waals surface area contributed by atoms with E-state index in [0.29, 0.717) is 23.4 Å². The van der Waals surface area contributed by atoms with Gasteiger partial charge in [0.15, 0.2) is 0 Å². The van der Waals surface area contributed by atoms with Crippen LogP contribution in [0.3, 0.4) is 0 Å². The Morgan fingerprint density at radius 1 is 1.36 bits per heavy atom. The highest BCUT2D eigenvalue weighted by atomic mass is 35.5. The topological polar surface area (TPSA) is 92.5 Å². The number of carbonyl (C=O) groups is 1. The van der Waals surface area contributed by atoms with E-state index in [1.54, 1.807) is 13.8 Å². The largest absolute Gasteiger partial charge is 0.481 e. The average molecular weight is 349 g/mol. The summed E-state index contributed by atoms with van der Waals surface area (Å²) >= 11 is 11.7. The average Bonchev–Trinajstić information content (AvgIpc) is 2.42. The van der Waals surface area contributed by atoms with E-state index < -0.39 is 16.3 Å². The monoisotopic (exact) mass is 348 g/mol. The van der Waals surface area contributed by atoms with Crippen LogP contribution in [0.4, 0.5) is 5.69 Å². The summed E-state index contributed by atoms with van der Waals surface area (Å²) < 4.78 is 0. The SMILES string of the molecule is CCC(CC)(CNCc1cc(Cl)cc(Cl)c1[N+](=O)[O-])C(=O)O. The van der Waals surface area contributed by atoms with E-state index in [4.69, 9.17) is 23.2 Å². The predicted octanol–water partition coefficient (Wildman–Crippen LogP) is 3.88. The van der Waals surface area contributed by atoms with Crippen LogP contribution in [0.25, 0.3) is 0 Å². The Balaban J connectivity index is 2.93. The molecule has 0 unspecified atom stereocenters. The second-order valence-electron chi connectivity index (χ2n) is 5.05. The van der Waals surface area contributed by atoms with Gasteiger partial charge in [-0.25, -0.2) is 0 Å². The summed E-state index contributed by atoms with van der Waals surface area (Å²) in [4.78, 5) is 21.9. The van der Waals surface area contributed by atoms with Gasteiger partial charge in [0.25, 0.3) is 5.69 Å². The van der Waals surface area contributed by atoms with Gasteiger partial charge in [-0.15, -0.1) is 0 Å². The van der Waals surface area contributed by atoms with E-state index in [-0.39, 0.29) is 23.8 Å². The zero-order chi connectivity index (χ0) is 16.9. The molecule has 2 N–H and O–H groups in total. The first-order valence-corrected chi connectivity index (χ1v) is 7.59. The van der Waals surface area contributed by atoms with Crippen molar-refractivity contribution in [3.05, 3.63) is 37.9 Å². The van der Waals surface area contributed by atoms with Gasteiger partial charge in [0.05, 0.1) is 10.3 Å². The van der Waals surface area contributed by atoms with Gasteiger partial charge in [0.1, 0.15) is 5.02 Å². The molecule has 0 aromatic heterocycles. The van der Waals surface area contributed by atoms with Gasteiger partial charge in [0.2, 0.25) is 0 Å². The molecule has 0 aliphatic heterocycles. The van der Waals surface area contributed by atoms with Crippen LogP contribution in [-0.4, -0.2) is 22.5 Å². The number of nitrogens with zero attached hydrogens (tertiary/aromatic N) is 1. The molecule has 122 valence electrons. The minimum absolute atomic E-state index is 0.0372. The van der Waals surface area contributed by atoms with Crippen LogP contribution in [-0.2, 0) is 11.3 Å². The van der Waals surface area contributed by atoms with Crippen LogP contribution in [0.15, 0.2) is 12.1 Å². The number of nitro benzene ring substituents is 1. The number of halogens is 2. The van der Waals surface area contributed by atoms with Gasteiger partial charge in [-0.2, -0.15) is 0 Å². The molecule has 1 rings (SSSR count). The third-order valence-corrected chi connectivity index (χ3v) is 4.38. The molecule has 22 heavy (non-hydrogen) atoms. The first-order chi connectivity index (χ1) is 10.3. The van der Waals surface area contributed by atoms with Crippen LogP contribution in [0.2, 0.25) is 10.0 Å². The number of nitro groups is 1. The smallest absolute Gasteiger partial charge is 0.310 e. The van der Waals surface area contributed by atoms with E-state index >= 15 is 0 Å². The van der Waals surface area contributed by atoms with Gasteiger partial charge >= 0.3 is 5.97 Å². The molecule has 1 aromatic carbocycles. The van der Waals surface area contributed by atoms with E-state index in [1.807, 2.05) is 0 Å². The van der Waals surface area contributed by atoms with Crippen LogP contribution in [0.5, 0.6) is 0 Å². The Labute approximate surface area is 138 Å². The summed E-state index contributed by atoms with van der Waals surface area (Å²) in [7, 11) is 0. The van der Waals surface area contributed by atoms with E-state index in [1.165, 1.54) is 12.1 Å². The number of carboxylic acids is 1. The molecular formula is C14H18Cl2N2O4. The van der Waals surface area contributed by atoms with E-state index in [9.17, 15) is 20.0 Å². The van der Waals surface area contributed by atoms with Crippen molar-refractivity contribution in [2.75, 3.05) is 6.54 Å². The third-order valence-electron chi connectivity index (χ3n) is 3.88. The fourth-order valence-electron chi connectivity index (χ4n) is 2.27. The zero-order valence-corrected chi connectivity index (χ0v) is 13.9. The highest BCUT2D eigenvalue weighted by Gasteiger charge is 2.34. The molecule has 0 heterocycles. The molecule has 1 aromatic rings. The molecule has 0 bridgehead atoms. The Morgan fingerprint density at radius 3 is 2.41 bits per heavy atom. The first kappa shape index (κ1) is 18.7. The molecule has 0 saturated heterocycles. The van der Waals surface area contributed by atoms with Crippen molar-refractivity contribution in [2.24, 2.45) is 5.41 Å². The maximum atomic E-state index is 11.4.